The number of urea groups is 1. The lowest BCUT2D eigenvalue weighted by Crippen LogP contribution is -2.51. The highest BCUT2D eigenvalue weighted by atomic mass is 16.4. The summed E-state index contributed by atoms with van der Waals surface area (Å²) in [6.07, 6.45) is 0.0666. The van der Waals surface area contributed by atoms with Crippen LogP contribution in [0.5, 0.6) is 0 Å². The van der Waals surface area contributed by atoms with Gasteiger partial charge < -0.3 is 25.1 Å². The Labute approximate surface area is 111 Å². The van der Waals surface area contributed by atoms with Crippen molar-refractivity contribution in [2.24, 2.45) is 5.92 Å². The van der Waals surface area contributed by atoms with Gasteiger partial charge in [0, 0.05) is 19.5 Å². The summed E-state index contributed by atoms with van der Waals surface area (Å²) in [5.74, 6) is -0.901. The molecular formula is C12H20N2O5. The minimum absolute atomic E-state index is 0.0405. The van der Waals surface area contributed by atoms with Crippen LogP contribution in [0, 0.1) is 5.92 Å². The Kier molecular flexibility index (Phi) is 3.96. The molecule has 2 aliphatic rings. The largest absolute Gasteiger partial charge is 0.480 e. The van der Waals surface area contributed by atoms with Crippen molar-refractivity contribution >= 4 is 12.0 Å². The summed E-state index contributed by atoms with van der Waals surface area (Å²) in [5, 5.41) is 28.0. The van der Waals surface area contributed by atoms with Crippen molar-refractivity contribution < 1.29 is 24.9 Å². The molecule has 0 spiro atoms. The van der Waals surface area contributed by atoms with E-state index in [9.17, 15) is 19.8 Å². The second-order valence-corrected chi connectivity index (χ2v) is 5.39. The molecule has 0 radical (unpaired) electrons. The standard InChI is InChI=1S/C12H20N2O5/c1-7-2-3-13(10(7)6-15)12(19)14-5-8(16)4-9(14)11(17)18/h7-10,15-16H,2-6H2,1H3,(H,17,18)/t7?,8-,9-,10?/m0/s1. The lowest BCUT2D eigenvalue weighted by Gasteiger charge is -2.31. The lowest BCUT2D eigenvalue weighted by atomic mass is 10.0. The van der Waals surface area contributed by atoms with Crippen LogP contribution in [-0.4, -0.2) is 75.0 Å². The topological polar surface area (TPSA) is 101 Å². The second kappa shape index (κ2) is 5.34. The molecule has 0 saturated carbocycles. The molecule has 2 saturated heterocycles. The zero-order valence-electron chi connectivity index (χ0n) is 10.9. The number of β-amino-alcohol motifs (C(OH)–C–C–N with tert-alkyl or cyclic N) is 1. The van der Waals surface area contributed by atoms with E-state index in [1.807, 2.05) is 6.92 Å². The number of hydrogen-bond acceptors (Lipinski definition) is 4. The van der Waals surface area contributed by atoms with Crippen LogP contribution in [0.3, 0.4) is 0 Å². The maximum Gasteiger partial charge on any atom is 0.326 e. The van der Waals surface area contributed by atoms with Gasteiger partial charge in [-0.15, -0.1) is 0 Å². The van der Waals surface area contributed by atoms with Crippen LogP contribution < -0.4 is 0 Å². The molecule has 0 aliphatic carbocycles. The van der Waals surface area contributed by atoms with Crippen LogP contribution >= 0.6 is 0 Å². The Morgan fingerprint density at radius 1 is 1.32 bits per heavy atom. The molecule has 2 amide bonds. The van der Waals surface area contributed by atoms with Crippen molar-refractivity contribution in [3.63, 3.8) is 0 Å². The third kappa shape index (κ3) is 2.52. The van der Waals surface area contributed by atoms with E-state index in [1.54, 1.807) is 0 Å². The molecule has 108 valence electrons. The minimum atomic E-state index is -1.10. The van der Waals surface area contributed by atoms with Crippen LogP contribution in [0.25, 0.3) is 0 Å². The van der Waals surface area contributed by atoms with Crippen molar-refractivity contribution in [1.29, 1.82) is 0 Å². The fourth-order valence-corrected chi connectivity index (χ4v) is 2.95. The highest BCUT2D eigenvalue weighted by Crippen LogP contribution is 2.27. The minimum Gasteiger partial charge on any atom is -0.480 e. The van der Waals surface area contributed by atoms with Crippen LogP contribution in [0.4, 0.5) is 4.79 Å². The fraction of sp³-hybridized carbons (Fsp3) is 0.833. The average molecular weight is 272 g/mol. The van der Waals surface area contributed by atoms with Gasteiger partial charge in [-0.25, -0.2) is 9.59 Å². The van der Waals surface area contributed by atoms with Crippen LogP contribution in [0.1, 0.15) is 19.8 Å². The van der Waals surface area contributed by atoms with Gasteiger partial charge in [-0.2, -0.15) is 0 Å². The van der Waals surface area contributed by atoms with Gasteiger partial charge in [-0.3, -0.25) is 0 Å². The number of aliphatic hydroxyl groups is 2. The van der Waals surface area contributed by atoms with Gasteiger partial charge in [0.05, 0.1) is 18.8 Å². The highest BCUT2D eigenvalue weighted by Gasteiger charge is 2.44. The van der Waals surface area contributed by atoms with Gasteiger partial charge in [0.25, 0.3) is 0 Å². The Hall–Kier alpha value is -1.34. The van der Waals surface area contributed by atoms with Crippen molar-refractivity contribution in [1.82, 2.24) is 9.80 Å². The number of hydrogen-bond donors (Lipinski definition) is 3. The van der Waals surface area contributed by atoms with E-state index in [-0.39, 0.29) is 31.5 Å². The summed E-state index contributed by atoms with van der Waals surface area (Å²) >= 11 is 0. The maximum atomic E-state index is 12.4. The van der Waals surface area contributed by atoms with E-state index in [0.29, 0.717) is 6.54 Å². The molecule has 0 bridgehead atoms. The highest BCUT2D eigenvalue weighted by molar-refractivity contribution is 5.84. The molecule has 7 heteroatoms. The maximum absolute atomic E-state index is 12.4. The number of carboxylic acid groups (broad SMARTS) is 1. The van der Waals surface area contributed by atoms with Gasteiger partial charge >= 0.3 is 12.0 Å². The fourth-order valence-electron chi connectivity index (χ4n) is 2.95. The van der Waals surface area contributed by atoms with Crippen molar-refractivity contribution in [3.8, 4) is 0 Å². The number of aliphatic carboxylic acids is 1. The molecule has 3 N–H and O–H groups in total. The quantitative estimate of drug-likeness (QED) is 0.619. The molecule has 0 aromatic carbocycles. The van der Waals surface area contributed by atoms with E-state index in [2.05, 4.69) is 0 Å². The molecule has 0 aromatic rings. The van der Waals surface area contributed by atoms with Gasteiger partial charge in [-0.05, 0) is 12.3 Å². The summed E-state index contributed by atoms with van der Waals surface area (Å²) in [7, 11) is 0. The first-order valence-electron chi connectivity index (χ1n) is 6.54. The van der Waals surface area contributed by atoms with E-state index in [4.69, 9.17) is 5.11 Å². The molecule has 2 fully saturated rings. The molecule has 2 aliphatic heterocycles. The molecule has 4 atom stereocenters. The van der Waals surface area contributed by atoms with Gasteiger partial charge in [-0.1, -0.05) is 6.92 Å². The van der Waals surface area contributed by atoms with Crippen LogP contribution in [-0.2, 0) is 4.79 Å². The summed E-state index contributed by atoms with van der Waals surface area (Å²) in [6.45, 7) is 2.39. The monoisotopic (exact) mass is 272 g/mol. The first-order chi connectivity index (χ1) is 8.95. The van der Waals surface area contributed by atoms with E-state index in [1.165, 1.54) is 9.80 Å². The van der Waals surface area contributed by atoms with E-state index >= 15 is 0 Å². The number of carbonyl (C=O) groups excluding carboxylic acids is 1. The zero-order chi connectivity index (χ0) is 14.2. The van der Waals surface area contributed by atoms with Crippen LogP contribution in [0.2, 0.25) is 0 Å². The molecule has 7 nitrogen and oxygen atoms in total. The SMILES string of the molecule is CC1CCN(C(=O)N2C[C@@H](O)C[C@H]2C(=O)O)C1CO. The normalized spacial score (nSPS) is 34.9. The second-order valence-electron chi connectivity index (χ2n) is 5.39. The number of carbonyl (C=O) groups is 2. The predicted octanol–water partition coefficient (Wildman–Crippen LogP) is -0.671. The Morgan fingerprint density at radius 3 is 2.58 bits per heavy atom. The number of rotatable bonds is 2. The van der Waals surface area contributed by atoms with Crippen molar-refractivity contribution in [2.75, 3.05) is 19.7 Å². The van der Waals surface area contributed by atoms with Gasteiger partial charge in [0.2, 0.25) is 0 Å². The predicted molar refractivity (Wildman–Crippen MR) is 65.5 cm³/mol. The van der Waals surface area contributed by atoms with Gasteiger partial charge in [0.1, 0.15) is 6.04 Å². The van der Waals surface area contributed by atoms with E-state index in [0.717, 1.165) is 6.42 Å². The molecule has 0 aromatic heterocycles. The number of likely N-dealkylation sites (tertiary alicyclic amines) is 2. The summed E-state index contributed by atoms with van der Waals surface area (Å²) < 4.78 is 0. The number of carboxylic acids is 1. The molecule has 19 heavy (non-hydrogen) atoms. The van der Waals surface area contributed by atoms with Crippen molar-refractivity contribution in [2.45, 2.75) is 38.0 Å². The average Bonchev–Trinajstić information content (AvgIpc) is 2.91. The third-order valence-electron chi connectivity index (χ3n) is 4.13. The first-order valence-corrected chi connectivity index (χ1v) is 6.54. The number of amides is 2. The lowest BCUT2D eigenvalue weighted by molar-refractivity contribution is -0.141. The number of aliphatic hydroxyl groups excluding tert-OH is 2. The van der Waals surface area contributed by atoms with Crippen molar-refractivity contribution in [3.05, 3.63) is 0 Å². The molecular weight excluding hydrogens is 252 g/mol. The smallest absolute Gasteiger partial charge is 0.326 e. The Morgan fingerprint density at radius 2 is 2.00 bits per heavy atom. The Balaban J connectivity index is 2.12. The third-order valence-corrected chi connectivity index (χ3v) is 4.13. The summed E-state index contributed by atoms with van der Waals surface area (Å²) in [6, 6.07) is -1.63. The van der Waals surface area contributed by atoms with Gasteiger partial charge in [0.15, 0.2) is 0 Å². The summed E-state index contributed by atoms with van der Waals surface area (Å²) in [4.78, 5) is 26.2. The molecule has 2 unspecified atom stereocenters. The zero-order valence-corrected chi connectivity index (χ0v) is 10.9. The summed E-state index contributed by atoms with van der Waals surface area (Å²) in [5.41, 5.74) is 0. The van der Waals surface area contributed by atoms with E-state index < -0.39 is 24.1 Å². The Bertz CT molecular complexity index is 375. The van der Waals surface area contributed by atoms with Crippen LogP contribution in [0.15, 0.2) is 0 Å². The molecule has 2 heterocycles. The molecule has 2 rings (SSSR count). The number of nitrogens with zero attached hydrogens (tertiary/aromatic N) is 2. The first kappa shape index (κ1) is 14.1.